The highest BCUT2D eigenvalue weighted by Crippen LogP contribution is 2.30. The van der Waals surface area contributed by atoms with Gasteiger partial charge in [0.2, 0.25) is 0 Å². The fourth-order valence-electron chi connectivity index (χ4n) is 1.88. The van der Waals surface area contributed by atoms with Gasteiger partial charge in [-0.15, -0.1) is 0 Å². The Morgan fingerprint density at radius 1 is 1.56 bits per heavy atom. The number of hydrogen-bond donors (Lipinski definition) is 0. The van der Waals surface area contributed by atoms with Gasteiger partial charge in [-0.25, -0.2) is 0 Å². The van der Waals surface area contributed by atoms with Crippen LogP contribution in [0.15, 0.2) is 11.6 Å². The van der Waals surface area contributed by atoms with E-state index in [-0.39, 0.29) is 17.7 Å². The van der Waals surface area contributed by atoms with Crippen LogP contribution in [0.1, 0.15) is 26.2 Å². The molecule has 1 aliphatic carbocycles. The van der Waals surface area contributed by atoms with Gasteiger partial charge in [-0.3, -0.25) is 9.59 Å². The van der Waals surface area contributed by atoms with Crippen molar-refractivity contribution in [2.45, 2.75) is 26.2 Å². The quantitative estimate of drug-likeness (QED) is 0.405. The molecule has 4 heteroatoms. The molecule has 1 aliphatic rings. The van der Waals surface area contributed by atoms with Crippen molar-refractivity contribution in [3.05, 3.63) is 11.6 Å². The lowest BCUT2D eigenvalue weighted by Gasteiger charge is -2.09. The topological polar surface area (TPSA) is 52.6 Å². The molecule has 0 aromatic heterocycles. The molecule has 0 saturated heterocycles. The Balaban J connectivity index is 2.58. The predicted molar refractivity (Wildman–Crippen MR) is 58.9 cm³/mol. The molecule has 16 heavy (non-hydrogen) atoms. The fourth-order valence-corrected chi connectivity index (χ4v) is 1.88. The molecule has 0 aromatic rings. The van der Waals surface area contributed by atoms with Crippen LogP contribution < -0.4 is 0 Å². The minimum atomic E-state index is -0.262. The average Bonchev–Trinajstić information content (AvgIpc) is 2.61. The third kappa shape index (κ3) is 3.45. The number of carbonyl (C=O) groups is 2. The summed E-state index contributed by atoms with van der Waals surface area (Å²) in [7, 11) is 1.36. The predicted octanol–water partition coefficient (Wildman–Crippen LogP) is 1.49. The minimum Gasteiger partial charge on any atom is -0.469 e. The number of carbonyl (C=O) groups excluding carboxylic acids is 2. The molecule has 4 nitrogen and oxygen atoms in total. The third-order valence-corrected chi connectivity index (χ3v) is 2.75. The van der Waals surface area contributed by atoms with E-state index in [2.05, 4.69) is 4.74 Å². The van der Waals surface area contributed by atoms with Crippen molar-refractivity contribution >= 4 is 11.8 Å². The van der Waals surface area contributed by atoms with Crippen LogP contribution in [0.25, 0.3) is 0 Å². The maximum absolute atomic E-state index is 11.6. The monoisotopic (exact) mass is 226 g/mol. The van der Waals surface area contributed by atoms with Gasteiger partial charge >= 0.3 is 5.97 Å². The first kappa shape index (κ1) is 12.9. The van der Waals surface area contributed by atoms with E-state index in [1.54, 1.807) is 6.08 Å². The van der Waals surface area contributed by atoms with Gasteiger partial charge in [0.05, 0.1) is 20.1 Å². The molecule has 1 saturated carbocycles. The van der Waals surface area contributed by atoms with Crippen molar-refractivity contribution in [3.8, 4) is 0 Å². The molecular formula is C12H18O4. The van der Waals surface area contributed by atoms with Crippen LogP contribution in [0.3, 0.4) is 0 Å². The number of esters is 1. The van der Waals surface area contributed by atoms with Crippen molar-refractivity contribution < 1.29 is 19.1 Å². The molecule has 1 atom stereocenters. The molecule has 0 bridgehead atoms. The molecule has 1 unspecified atom stereocenters. The molecule has 90 valence electrons. The van der Waals surface area contributed by atoms with Crippen molar-refractivity contribution in [2.24, 2.45) is 5.92 Å². The second-order valence-corrected chi connectivity index (χ2v) is 3.76. The number of methoxy groups -OCH3 is 1. The molecule has 0 radical (unpaired) electrons. The summed E-state index contributed by atoms with van der Waals surface area (Å²) in [5.74, 6) is -0.115. The summed E-state index contributed by atoms with van der Waals surface area (Å²) in [6.45, 7) is 2.97. The number of Topliss-reactive ketones (excluding diaryl/α,β-unsaturated/α-hetero) is 1. The molecule has 1 rings (SSSR count). The first-order chi connectivity index (χ1) is 7.69. The number of rotatable bonds is 5. The van der Waals surface area contributed by atoms with Gasteiger partial charge < -0.3 is 9.47 Å². The summed E-state index contributed by atoms with van der Waals surface area (Å²) in [5, 5.41) is 0. The molecule has 1 fully saturated rings. The Hall–Kier alpha value is -1.16. The van der Waals surface area contributed by atoms with E-state index in [1.807, 2.05) is 6.92 Å². The van der Waals surface area contributed by atoms with Gasteiger partial charge in [0.15, 0.2) is 5.78 Å². The summed E-state index contributed by atoms with van der Waals surface area (Å²) in [5.41, 5.74) is 0.735. The van der Waals surface area contributed by atoms with Crippen molar-refractivity contribution in [1.29, 1.82) is 0 Å². The van der Waals surface area contributed by atoms with Crippen LogP contribution in [0.5, 0.6) is 0 Å². The van der Waals surface area contributed by atoms with E-state index in [0.717, 1.165) is 12.0 Å². The van der Waals surface area contributed by atoms with Gasteiger partial charge in [0, 0.05) is 13.0 Å². The standard InChI is InChI=1S/C12H18O4/c1-3-16-7-6-10-9(4-5-11(10)13)8-12(14)15-2/h6,9H,3-5,7-8H2,1-2H3. The van der Waals surface area contributed by atoms with Gasteiger partial charge in [0.25, 0.3) is 0 Å². The Bertz CT molecular complexity index is 293. The molecule has 0 heterocycles. The molecule has 0 N–H and O–H groups in total. The molecular weight excluding hydrogens is 208 g/mol. The maximum Gasteiger partial charge on any atom is 0.306 e. The molecule has 0 amide bonds. The number of allylic oxidation sites excluding steroid dienone is 1. The lowest BCUT2D eigenvalue weighted by atomic mass is 9.98. The average molecular weight is 226 g/mol. The Morgan fingerprint density at radius 3 is 2.94 bits per heavy atom. The van der Waals surface area contributed by atoms with E-state index >= 15 is 0 Å². The third-order valence-electron chi connectivity index (χ3n) is 2.75. The second-order valence-electron chi connectivity index (χ2n) is 3.76. The van der Waals surface area contributed by atoms with E-state index in [9.17, 15) is 9.59 Å². The number of ether oxygens (including phenoxy) is 2. The molecule has 0 aliphatic heterocycles. The van der Waals surface area contributed by atoms with Crippen LogP contribution in [-0.4, -0.2) is 32.1 Å². The summed E-state index contributed by atoms with van der Waals surface area (Å²) >= 11 is 0. The Kier molecular flexibility index (Phi) is 5.19. The van der Waals surface area contributed by atoms with Crippen LogP contribution in [-0.2, 0) is 19.1 Å². The van der Waals surface area contributed by atoms with Crippen LogP contribution >= 0.6 is 0 Å². The lowest BCUT2D eigenvalue weighted by molar-refractivity contribution is -0.141. The highest BCUT2D eigenvalue weighted by molar-refractivity contribution is 5.98. The van der Waals surface area contributed by atoms with E-state index in [4.69, 9.17) is 4.74 Å². The summed E-state index contributed by atoms with van der Waals surface area (Å²) in [4.78, 5) is 22.7. The number of hydrogen-bond acceptors (Lipinski definition) is 4. The highest BCUT2D eigenvalue weighted by Gasteiger charge is 2.30. The van der Waals surface area contributed by atoms with Crippen LogP contribution in [0.2, 0.25) is 0 Å². The van der Waals surface area contributed by atoms with E-state index < -0.39 is 0 Å². The summed E-state index contributed by atoms with van der Waals surface area (Å²) < 4.78 is 9.79. The van der Waals surface area contributed by atoms with Gasteiger partial charge in [0.1, 0.15) is 0 Å². The van der Waals surface area contributed by atoms with Gasteiger partial charge in [-0.05, 0) is 24.8 Å². The van der Waals surface area contributed by atoms with E-state index in [1.165, 1.54) is 7.11 Å². The van der Waals surface area contributed by atoms with Crippen molar-refractivity contribution in [2.75, 3.05) is 20.3 Å². The lowest BCUT2D eigenvalue weighted by Crippen LogP contribution is -2.10. The van der Waals surface area contributed by atoms with Crippen molar-refractivity contribution in [1.82, 2.24) is 0 Å². The van der Waals surface area contributed by atoms with Crippen molar-refractivity contribution in [3.63, 3.8) is 0 Å². The zero-order valence-corrected chi connectivity index (χ0v) is 9.82. The van der Waals surface area contributed by atoms with E-state index in [0.29, 0.717) is 26.1 Å². The second kappa shape index (κ2) is 6.43. The number of ketones is 1. The largest absolute Gasteiger partial charge is 0.469 e. The Morgan fingerprint density at radius 2 is 2.31 bits per heavy atom. The normalized spacial score (nSPS) is 22.8. The molecule has 0 spiro atoms. The summed E-state index contributed by atoms with van der Waals surface area (Å²) in [6, 6.07) is 0. The molecule has 0 aromatic carbocycles. The SMILES string of the molecule is CCOCC=C1C(=O)CCC1CC(=O)OC. The minimum absolute atomic E-state index is 0.0143. The zero-order valence-electron chi connectivity index (χ0n) is 9.82. The first-order valence-electron chi connectivity index (χ1n) is 5.56. The summed E-state index contributed by atoms with van der Waals surface area (Å²) in [6.07, 6.45) is 3.36. The van der Waals surface area contributed by atoms with Gasteiger partial charge in [-0.1, -0.05) is 6.08 Å². The maximum atomic E-state index is 11.6. The first-order valence-corrected chi connectivity index (χ1v) is 5.56. The smallest absolute Gasteiger partial charge is 0.306 e. The van der Waals surface area contributed by atoms with Crippen LogP contribution in [0, 0.1) is 5.92 Å². The highest BCUT2D eigenvalue weighted by atomic mass is 16.5. The Labute approximate surface area is 95.6 Å². The van der Waals surface area contributed by atoms with Gasteiger partial charge in [-0.2, -0.15) is 0 Å². The van der Waals surface area contributed by atoms with Crippen LogP contribution in [0.4, 0.5) is 0 Å². The fraction of sp³-hybridized carbons (Fsp3) is 0.667. The zero-order chi connectivity index (χ0) is 12.0.